The van der Waals surface area contributed by atoms with Crippen LogP contribution in [0.3, 0.4) is 0 Å². The molecule has 0 N–H and O–H groups in total. The molecule has 1 aromatic rings. The van der Waals surface area contributed by atoms with Gasteiger partial charge in [-0.2, -0.15) is 0 Å². The molecule has 0 amide bonds. The lowest BCUT2D eigenvalue weighted by Gasteiger charge is -2.34. The average molecular weight is 335 g/mol. The van der Waals surface area contributed by atoms with Crippen molar-refractivity contribution in [2.24, 2.45) is 0 Å². The Morgan fingerprint density at radius 1 is 1.61 bits per heavy atom. The normalized spacial score (nSPS) is 23.5. The Morgan fingerprint density at radius 2 is 2.22 bits per heavy atom. The fourth-order valence-electron chi connectivity index (χ4n) is 1.22. The minimum Gasteiger partial charge on any atom is -0.414 e. The third-order valence-corrected chi connectivity index (χ3v) is 4.88. The standard InChI is InChI=1S/C8H5Cl2FO5S2/c9-8(1-2-15-8)16-7(12)5-6(18(10,13)14)4(11)3-17-5/h3H,1-2H2. The third kappa shape index (κ3) is 2.62. The van der Waals surface area contributed by atoms with Crippen molar-refractivity contribution in [1.29, 1.82) is 0 Å². The van der Waals surface area contributed by atoms with Crippen LogP contribution in [-0.4, -0.2) is 26.2 Å². The molecule has 0 bridgehead atoms. The van der Waals surface area contributed by atoms with Crippen LogP contribution in [0.5, 0.6) is 0 Å². The largest absolute Gasteiger partial charge is 0.414 e. The lowest BCUT2D eigenvalue weighted by Crippen LogP contribution is -2.42. The average Bonchev–Trinajstić information content (AvgIpc) is 2.57. The summed E-state index contributed by atoms with van der Waals surface area (Å²) in [4.78, 5) is 10.3. The Balaban J connectivity index is 2.31. The fourth-order valence-corrected chi connectivity index (χ4v) is 3.86. The molecule has 0 aromatic carbocycles. The molecule has 1 unspecified atom stereocenters. The SMILES string of the molecule is O=C(OC1(Cl)CCO1)c1scc(F)c1S(=O)(=O)Cl. The summed E-state index contributed by atoms with van der Waals surface area (Å²) in [6.45, 7) is 0.316. The summed E-state index contributed by atoms with van der Waals surface area (Å²) in [6, 6.07) is 0. The van der Waals surface area contributed by atoms with E-state index in [4.69, 9.17) is 31.8 Å². The number of alkyl halides is 1. The van der Waals surface area contributed by atoms with E-state index < -0.39 is 35.9 Å². The molecule has 2 rings (SSSR count). The van der Waals surface area contributed by atoms with Crippen molar-refractivity contribution in [3.63, 3.8) is 0 Å². The monoisotopic (exact) mass is 334 g/mol. The van der Waals surface area contributed by atoms with Gasteiger partial charge in [-0.25, -0.2) is 17.6 Å². The highest BCUT2D eigenvalue weighted by molar-refractivity contribution is 8.13. The number of rotatable bonds is 3. The first kappa shape index (κ1) is 14.0. The van der Waals surface area contributed by atoms with Gasteiger partial charge in [-0.05, 0) is 11.6 Å². The van der Waals surface area contributed by atoms with E-state index in [0.717, 1.165) is 5.38 Å². The van der Waals surface area contributed by atoms with Gasteiger partial charge in [0.25, 0.3) is 14.3 Å². The van der Waals surface area contributed by atoms with Crippen molar-refractivity contribution in [3.8, 4) is 0 Å². The van der Waals surface area contributed by atoms with Gasteiger partial charge in [-0.15, -0.1) is 11.3 Å². The summed E-state index contributed by atoms with van der Waals surface area (Å²) >= 11 is 6.25. The first-order chi connectivity index (χ1) is 8.23. The van der Waals surface area contributed by atoms with Gasteiger partial charge >= 0.3 is 5.97 Å². The van der Waals surface area contributed by atoms with Gasteiger partial charge in [0.15, 0.2) is 5.82 Å². The Labute approximate surface area is 115 Å². The zero-order valence-electron chi connectivity index (χ0n) is 8.48. The molecule has 1 aromatic heterocycles. The number of ether oxygens (including phenoxy) is 2. The van der Waals surface area contributed by atoms with E-state index in [1.807, 2.05) is 0 Å². The lowest BCUT2D eigenvalue weighted by molar-refractivity contribution is -0.220. The van der Waals surface area contributed by atoms with Crippen LogP contribution in [0.4, 0.5) is 4.39 Å². The topological polar surface area (TPSA) is 69.7 Å². The van der Waals surface area contributed by atoms with Crippen LogP contribution >= 0.6 is 33.6 Å². The maximum atomic E-state index is 13.3. The molecule has 5 nitrogen and oxygen atoms in total. The smallest absolute Gasteiger partial charge is 0.353 e. The van der Waals surface area contributed by atoms with E-state index in [0.29, 0.717) is 17.9 Å². The van der Waals surface area contributed by atoms with Crippen LogP contribution in [0.25, 0.3) is 0 Å². The van der Waals surface area contributed by atoms with Crippen molar-refractivity contribution in [3.05, 3.63) is 16.1 Å². The van der Waals surface area contributed by atoms with E-state index in [9.17, 15) is 17.6 Å². The van der Waals surface area contributed by atoms with Crippen LogP contribution in [0, 0.1) is 5.82 Å². The van der Waals surface area contributed by atoms with E-state index in [1.54, 1.807) is 0 Å². The molecule has 1 atom stereocenters. The molecule has 1 fully saturated rings. The molecule has 0 saturated carbocycles. The van der Waals surface area contributed by atoms with Gasteiger partial charge < -0.3 is 9.47 Å². The van der Waals surface area contributed by atoms with Crippen molar-refractivity contribution in [1.82, 2.24) is 0 Å². The zero-order valence-corrected chi connectivity index (χ0v) is 11.6. The van der Waals surface area contributed by atoms with Crippen molar-refractivity contribution >= 4 is 48.6 Å². The number of halogens is 3. The highest BCUT2D eigenvalue weighted by Gasteiger charge is 2.42. The Morgan fingerprint density at radius 3 is 2.67 bits per heavy atom. The van der Waals surface area contributed by atoms with Gasteiger partial charge in [-0.3, -0.25) is 0 Å². The number of esters is 1. The predicted molar refractivity (Wildman–Crippen MR) is 61.9 cm³/mol. The van der Waals surface area contributed by atoms with Crippen LogP contribution in [0.2, 0.25) is 0 Å². The Bertz CT molecular complexity index is 593. The summed E-state index contributed by atoms with van der Waals surface area (Å²) in [5.41, 5.74) is 0. The van der Waals surface area contributed by atoms with Gasteiger partial charge in [0.1, 0.15) is 9.77 Å². The van der Waals surface area contributed by atoms with Crippen molar-refractivity contribution < 1.29 is 27.1 Å². The molecular weight excluding hydrogens is 330 g/mol. The van der Waals surface area contributed by atoms with Crippen molar-refractivity contribution in [2.75, 3.05) is 6.61 Å². The van der Waals surface area contributed by atoms with Crippen LogP contribution < -0.4 is 0 Å². The molecule has 100 valence electrons. The summed E-state index contributed by atoms with van der Waals surface area (Å²) in [7, 11) is 0.653. The Kier molecular flexibility index (Phi) is 3.58. The molecule has 0 aliphatic carbocycles. The first-order valence-electron chi connectivity index (χ1n) is 4.51. The van der Waals surface area contributed by atoms with Gasteiger partial charge in [0, 0.05) is 16.1 Å². The number of carbonyl (C=O) groups excluding carboxylic acids is 1. The Hall–Kier alpha value is -0.410. The molecule has 0 radical (unpaired) electrons. The van der Waals surface area contributed by atoms with Crippen LogP contribution in [-0.2, 0) is 18.5 Å². The van der Waals surface area contributed by atoms with E-state index in [2.05, 4.69) is 0 Å². The lowest BCUT2D eigenvalue weighted by atomic mass is 10.3. The molecule has 0 spiro atoms. The third-order valence-electron chi connectivity index (χ3n) is 2.10. The number of thiophene rings is 1. The summed E-state index contributed by atoms with van der Waals surface area (Å²) in [6.07, 6.45) is 0.261. The minimum atomic E-state index is -4.39. The maximum absolute atomic E-state index is 13.3. The number of hydrogen-bond acceptors (Lipinski definition) is 6. The van der Waals surface area contributed by atoms with E-state index in [-0.39, 0.29) is 6.42 Å². The maximum Gasteiger partial charge on any atom is 0.353 e. The molecular formula is C8H5Cl2FO5S2. The van der Waals surface area contributed by atoms with Crippen LogP contribution in [0.1, 0.15) is 16.1 Å². The quantitative estimate of drug-likeness (QED) is 0.482. The number of hydrogen-bond donors (Lipinski definition) is 0. The second kappa shape index (κ2) is 4.61. The fraction of sp³-hybridized carbons (Fsp3) is 0.375. The molecule has 2 heterocycles. The number of carbonyl (C=O) groups is 1. The minimum absolute atomic E-state index is 0.261. The summed E-state index contributed by atoms with van der Waals surface area (Å²) in [5, 5.41) is -0.765. The van der Waals surface area contributed by atoms with Crippen molar-refractivity contribution in [2.45, 2.75) is 16.6 Å². The molecule has 10 heteroatoms. The zero-order chi connectivity index (χ0) is 13.6. The molecule has 1 aliphatic heterocycles. The second-order valence-electron chi connectivity index (χ2n) is 3.33. The van der Waals surface area contributed by atoms with Gasteiger partial charge in [0.05, 0.1) is 13.0 Å². The highest BCUT2D eigenvalue weighted by Crippen LogP contribution is 2.36. The predicted octanol–water partition coefficient (Wildman–Crippen LogP) is 2.28. The first-order valence-corrected chi connectivity index (χ1v) is 8.07. The highest BCUT2D eigenvalue weighted by atomic mass is 35.7. The molecule has 1 saturated heterocycles. The van der Waals surface area contributed by atoms with E-state index in [1.165, 1.54) is 0 Å². The van der Waals surface area contributed by atoms with Gasteiger partial charge in [-0.1, -0.05) is 0 Å². The summed E-state index contributed by atoms with van der Waals surface area (Å²) in [5.74, 6) is -2.21. The molecule has 1 aliphatic rings. The molecule has 18 heavy (non-hydrogen) atoms. The van der Waals surface area contributed by atoms with E-state index >= 15 is 0 Å². The van der Waals surface area contributed by atoms with Crippen LogP contribution in [0.15, 0.2) is 10.3 Å². The second-order valence-corrected chi connectivity index (χ2v) is 7.29. The van der Waals surface area contributed by atoms with Gasteiger partial charge in [0.2, 0.25) is 0 Å². The summed E-state index contributed by atoms with van der Waals surface area (Å²) < 4.78 is 45.1.